The predicted molar refractivity (Wildman–Crippen MR) is 79.2 cm³/mol. The zero-order valence-corrected chi connectivity index (χ0v) is 11.9. The lowest BCUT2D eigenvalue weighted by molar-refractivity contribution is 0.242. The molecule has 0 aromatic carbocycles. The van der Waals surface area contributed by atoms with Crippen LogP contribution in [0, 0.1) is 12.8 Å². The minimum atomic E-state index is 0.588. The Balaban J connectivity index is 1.85. The summed E-state index contributed by atoms with van der Waals surface area (Å²) in [6.45, 7) is 3.84. The van der Waals surface area contributed by atoms with E-state index in [2.05, 4.69) is 24.0 Å². The third-order valence-electron chi connectivity index (χ3n) is 4.94. The van der Waals surface area contributed by atoms with Gasteiger partial charge < -0.3 is 10.6 Å². The van der Waals surface area contributed by atoms with Gasteiger partial charge in [0.15, 0.2) is 0 Å². The van der Waals surface area contributed by atoms with Gasteiger partial charge in [-0.3, -0.25) is 0 Å². The molecule has 2 N–H and O–H groups in total. The summed E-state index contributed by atoms with van der Waals surface area (Å²) in [5, 5.41) is 0. The second-order valence-electron chi connectivity index (χ2n) is 6.07. The second kappa shape index (κ2) is 5.49. The van der Waals surface area contributed by atoms with Crippen molar-refractivity contribution in [2.75, 3.05) is 11.4 Å². The largest absolute Gasteiger partial charge is 0.353 e. The highest BCUT2D eigenvalue weighted by molar-refractivity contribution is 5.43. The predicted octanol–water partition coefficient (Wildman–Crippen LogP) is 3.01. The number of anilines is 1. The fourth-order valence-corrected chi connectivity index (χ4v) is 3.86. The van der Waals surface area contributed by atoms with E-state index in [4.69, 9.17) is 10.7 Å². The van der Waals surface area contributed by atoms with E-state index in [1.165, 1.54) is 56.5 Å². The standard InChI is InChI=1S/C16H25N3/c1-12-14(11-17)8-9-16(18-12)19-10-4-6-13-5-2-3-7-15(13)19/h8-9,13,15H,2-7,10-11,17H2,1H3. The molecule has 1 saturated carbocycles. The van der Waals surface area contributed by atoms with Gasteiger partial charge in [-0.2, -0.15) is 0 Å². The molecule has 3 rings (SSSR count). The van der Waals surface area contributed by atoms with Gasteiger partial charge in [0.25, 0.3) is 0 Å². The van der Waals surface area contributed by atoms with Gasteiger partial charge >= 0.3 is 0 Å². The summed E-state index contributed by atoms with van der Waals surface area (Å²) in [6.07, 6.45) is 8.32. The van der Waals surface area contributed by atoms with E-state index in [-0.39, 0.29) is 0 Å². The number of hydrogen-bond donors (Lipinski definition) is 1. The maximum absolute atomic E-state index is 5.73. The highest BCUT2D eigenvalue weighted by Crippen LogP contribution is 2.37. The van der Waals surface area contributed by atoms with Crippen LogP contribution in [0.5, 0.6) is 0 Å². The molecule has 3 nitrogen and oxygen atoms in total. The molecule has 1 aliphatic heterocycles. The number of pyridine rings is 1. The monoisotopic (exact) mass is 259 g/mol. The van der Waals surface area contributed by atoms with Gasteiger partial charge in [0, 0.05) is 24.8 Å². The van der Waals surface area contributed by atoms with Gasteiger partial charge in [0.05, 0.1) is 0 Å². The number of aromatic nitrogens is 1. The van der Waals surface area contributed by atoms with Crippen molar-refractivity contribution < 1.29 is 0 Å². The molecule has 2 fully saturated rings. The minimum Gasteiger partial charge on any atom is -0.353 e. The van der Waals surface area contributed by atoms with Gasteiger partial charge in [-0.1, -0.05) is 18.9 Å². The van der Waals surface area contributed by atoms with E-state index >= 15 is 0 Å². The van der Waals surface area contributed by atoms with Crippen molar-refractivity contribution in [1.82, 2.24) is 4.98 Å². The smallest absolute Gasteiger partial charge is 0.129 e. The molecule has 2 unspecified atom stereocenters. The third kappa shape index (κ3) is 2.48. The molecule has 104 valence electrons. The zero-order chi connectivity index (χ0) is 13.2. The summed E-state index contributed by atoms with van der Waals surface area (Å²) >= 11 is 0. The second-order valence-corrected chi connectivity index (χ2v) is 6.07. The summed E-state index contributed by atoms with van der Waals surface area (Å²) in [5.41, 5.74) is 7.99. The third-order valence-corrected chi connectivity index (χ3v) is 4.94. The van der Waals surface area contributed by atoms with Crippen molar-refractivity contribution in [3.05, 3.63) is 23.4 Å². The molecule has 1 saturated heterocycles. The molecular formula is C16H25N3. The number of piperidine rings is 1. The van der Waals surface area contributed by atoms with Crippen LogP contribution in [0.4, 0.5) is 5.82 Å². The van der Waals surface area contributed by atoms with E-state index in [0.717, 1.165) is 17.7 Å². The quantitative estimate of drug-likeness (QED) is 0.887. The van der Waals surface area contributed by atoms with Gasteiger partial charge in [0.1, 0.15) is 5.82 Å². The lowest BCUT2D eigenvalue weighted by Gasteiger charge is -2.45. The van der Waals surface area contributed by atoms with Gasteiger partial charge in [0.2, 0.25) is 0 Å². The molecule has 1 aromatic rings. The molecule has 2 aliphatic rings. The molecule has 19 heavy (non-hydrogen) atoms. The molecule has 0 amide bonds. The fraction of sp³-hybridized carbons (Fsp3) is 0.688. The number of fused-ring (bicyclic) bond motifs is 1. The van der Waals surface area contributed by atoms with Crippen LogP contribution in [-0.4, -0.2) is 17.6 Å². The Labute approximate surface area is 116 Å². The first-order chi connectivity index (χ1) is 9.29. The summed E-state index contributed by atoms with van der Waals surface area (Å²) in [4.78, 5) is 7.37. The zero-order valence-electron chi connectivity index (χ0n) is 11.9. The van der Waals surface area contributed by atoms with Crippen LogP contribution in [0.1, 0.15) is 49.8 Å². The number of nitrogens with two attached hydrogens (primary N) is 1. The first-order valence-electron chi connectivity index (χ1n) is 7.73. The number of hydrogen-bond acceptors (Lipinski definition) is 3. The molecule has 0 spiro atoms. The van der Waals surface area contributed by atoms with Crippen molar-refractivity contribution in [1.29, 1.82) is 0 Å². The molecule has 2 atom stereocenters. The van der Waals surface area contributed by atoms with E-state index < -0.39 is 0 Å². The van der Waals surface area contributed by atoms with Crippen LogP contribution in [0.25, 0.3) is 0 Å². The number of aryl methyl sites for hydroxylation is 1. The summed E-state index contributed by atoms with van der Waals surface area (Å²) in [7, 11) is 0. The van der Waals surface area contributed by atoms with Gasteiger partial charge in [-0.25, -0.2) is 4.98 Å². The van der Waals surface area contributed by atoms with Crippen molar-refractivity contribution in [3.8, 4) is 0 Å². The van der Waals surface area contributed by atoms with Crippen molar-refractivity contribution >= 4 is 5.82 Å². The number of nitrogens with zero attached hydrogens (tertiary/aromatic N) is 2. The van der Waals surface area contributed by atoms with Crippen LogP contribution < -0.4 is 10.6 Å². The maximum atomic E-state index is 5.73. The van der Waals surface area contributed by atoms with Crippen molar-refractivity contribution in [3.63, 3.8) is 0 Å². The molecule has 0 bridgehead atoms. The van der Waals surface area contributed by atoms with Crippen molar-refractivity contribution in [2.45, 2.75) is 58.0 Å². The van der Waals surface area contributed by atoms with Crippen LogP contribution in [0.15, 0.2) is 12.1 Å². The first-order valence-corrected chi connectivity index (χ1v) is 7.73. The molecule has 2 heterocycles. The molecule has 3 heteroatoms. The molecule has 0 radical (unpaired) electrons. The number of rotatable bonds is 2. The summed E-state index contributed by atoms with van der Waals surface area (Å²) in [6, 6.07) is 5.06. The Bertz CT molecular complexity index is 442. The van der Waals surface area contributed by atoms with E-state index in [1.807, 2.05) is 0 Å². The van der Waals surface area contributed by atoms with E-state index in [0.29, 0.717) is 6.54 Å². The van der Waals surface area contributed by atoms with Crippen LogP contribution in [-0.2, 0) is 6.54 Å². The Kier molecular flexibility index (Phi) is 3.74. The topological polar surface area (TPSA) is 42.2 Å². The average molecular weight is 259 g/mol. The average Bonchev–Trinajstić information content (AvgIpc) is 2.46. The van der Waals surface area contributed by atoms with E-state index in [1.54, 1.807) is 0 Å². The minimum absolute atomic E-state index is 0.588. The lowest BCUT2D eigenvalue weighted by atomic mass is 9.78. The molecule has 1 aromatic heterocycles. The Hall–Kier alpha value is -1.09. The molecular weight excluding hydrogens is 234 g/mol. The van der Waals surface area contributed by atoms with Crippen LogP contribution in [0.3, 0.4) is 0 Å². The van der Waals surface area contributed by atoms with Crippen molar-refractivity contribution in [2.24, 2.45) is 11.7 Å². The normalized spacial score (nSPS) is 27.2. The summed E-state index contributed by atoms with van der Waals surface area (Å²) in [5.74, 6) is 2.07. The van der Waals surface area contributed by atoms with Crippen LogP contribution >= 0.6 is 0 Å². The van der Waals surface area contributed by atoms with Crippen LogP contribution in [0.2, 0.25) is 0 Å². The first kappa shape index (κ1) is 12.9. The maximum Gasteiger partial charge on any atom is 0.129 e. The Morgan fingerprint density at radius 1 is 1.21 bits per heavy atom. The Morgan fingerprint density at radius 3 is 2.79 bits per heavy atom. The highest BCUT2D eigenvalue weighted by atomic mass is 15.2. The van der Waals surface area contributed by atoms with Gasteiger partial charge in [-0.05, 0) is 50.2 Å². The molecule has 1 aliphatic carbocycles. The summed E-state index contributed by atoms with van der Waals surface area (Å²) < 4.78 is 0. The lowest BCUT2D eigenvalue weighted by Crippen LogP contribution is -2.47. The SMILES string of the molecule is Cc1nc(N2CCCC3CCCCC32)ccc1CN. The fourth-order valence-electron chi connectivity index (χ4n) is 3.86. The highest BCUT2D eigenvalue weighted by Gasteiger charge is 2.33. The Morgan fingerprint density at radius 2 is 2.00 bits per heavy atom. The van der Waals surface area contributed by atoms with E-state index in [9.17, 15) is 0 Å². The van der Waals surface area contributed by atoms with Gasteiger partial charge in [-0.15, -0.1) is 0 Å².